The highest BCUT2D eigenvalue weighted by molar-refractivity contribution is 7.92. The Hall–Kier alpha value is -2.00. The van der Waals surface area contributed by atoms with Gasteiger partial charge in [-0.2, -0.15) is 0 Å². The number of benzene rings is 2. The van der Waals surface area contributed by atoms with E-state index in [1.165, 1.54) is 17.0 Å². The van der Waals surface area contributed by atoms with Gasteiger partial charge in [-0.05, 0) is 38.5 Å². The van der Waals surface area contributed by atoms with Gasteiger partial charge in [0, 0.05) is 12.6 Å². The van der Waals surface area contributed by atoms with Gasteiger partial charge in [-0.25, -0.2) is 8.42 Å². The molecule has 11 heteroatoms. The van der Waals surface area contributed by atoms with Crippen LogP contribution in [0, 0.1) is 0 Å². The molecule has 2 aromatic rings. The van der Waals surface area contributed by atoms with E-state index in [0.29, 0.717) is 0 Å². The van der Waals surface area contributed by atoms with E-state index in [0.717, 1.165) is 16.1 Å². The van der Waals surface area contributed by atoms with Gasteiger partial charge in [0.1, 0.15) is 12.6 Å². The molecule has 33 heavy (non-hydrogen) atoms. The average molecular weight is 535 g/mol. The van der Waals surface area contributed by atoms with Gasteiger partial charge in [0.25, 0.3) is 0 Å². The normalized spacial score (nSPS) is 12.4. The molecule has 0 saturated carbocycles. The third kappa shape index (κ3) is 7.50. The lowest BCUT2D eigenvalue weighted by Crippen LogP contribution is -2.52. The molecule has 1 N–H and O–H groups in total. The van der Waals surface area contributed by atoms with Crippen LogP contribution in [0.1, 0.15) is 26.3 Å². The van der Waals surface area contributed by atoms with Gasteiger partial charge in [-0.15, -0.1) is 0 Å². The van der Waals surface area contributed by atoms with Gasteiger partial charge < -0.3 is 10.2 Å². The molecule has 180 valence electrons. The summed E-state index contributed by atoms with van der Waals surface area (Å²) in [7, 11) is -3.94. The molecule has 0 aliphatic heterocycles. The van der Waals surface area contributed by atoms with Crippen molar-refractivity contribution in [2.75, 3.05) is 17.1 Å². The lowest BCUT2D eigenvalue weighted by molar-refractivity contribution is -0.139. The van der Waals surface area contributed by atoms with E-state index in [4.69, 9.17) is 34.8 Å². The molecular weight excluding hydrogens is 509 g/mol. The van der Waals surface area contributed by atoms with Gasteiger partial charge in [0.05, 0.1) is 27.0 Å². The van der Waals surface area contributed by atoms with Crippen molar-refractivity contribution >= 4 is 62.3 Å². The number of anilines is 1. The number of nitrogens with one attached hydrogen (secondary N) is 1. The fourth-order valence-corrected chi connectivity index (χ4v) is 4.61. The Kier molecular flexibility index (Phi) is 9.43. The summed E-state index contributed by atoms with van der Waals surface area (Å²) in [6.45, 7) is 4.74. The Morgan fingerprint density at radius 2 is 1.55 bits per heavy atom. The monoisotopic (exact) mass is 533 g/mol. The van der Waals surface area contributed by atoms with Crippen LogP contribution < -0.4 is 9.62 Å². The number of halogens is 3. The van der Waals surface area contributed by atoms with E-state index < -0.39 is 28.5 Å². The lowest BCUT2D eigenvalue weighted by Gasteiger charge is -2.32. The minimum atomic E-state index is -3.94. The standard InChI is InChI=1S/C22H26Cl3N3O4S/c1-14(2)26-22(30)15(3)27(12-16-8-6-5-7-9-16)21(29)13-28(33(4,31)32)20-11-18(24)17(23)10-19(20)25/h5-11,14-15H,12-13H2,1-4H3,(H,26,30). The molecule has 1 atom stereocenters. The Balaban J connectivity index is 2.44. The first-order valence-electron chi connectivity index (χ1n) is 10.1. The summed E-state index contributed by atoms with van der Waals surface area (Å²) in [6, 6.07) is 10.7. The summed E-state index contributed by atoms with van der Waals surface area (Å²) in [6.07, 6.45) is 0.954. The Bertz CT molecular complexity index is 1110. The molecule has 0 aliphatic rings. The molecule has 0 spiro atoms. The number of carbonyl (C=O) groups excluding carboxylic acids is 2. The van der Waals surface area contributed by atoms with Gasteiger partial charge in [-0.1, -0.05) is 65.1 Å². The van der Waals surface area contributed by atoms with Crippen LogP contribution in [-0.4, -0.2) is 50.0 Å². The van der Waals surface area contributed by atoms with Crippen molar-refractivity contribution in [1.82, 2.24) is 10.2 Å². The fourth-order valence-electron chi connectivity index (χ4n) is 3.07. The zero-order valence-corrected chi connectivity index (χ0v) is 21.8. The highest BCUT2D eigenvalue weighted by Crippen LogP contribution is 2.35. The van der Waals surface area contributed by atoms with Crippen molar-refractivity contribution in [2.24, 2.45) is 0 Å². The quantitative estimate of drug-likeness (QED) is 0.485. The predicted molar refractivity (Wildman–Crippen MR) is 133 cm³/mol. The van der Waals surface area contributed by atoms with Crippen molar-refractivity contribution in [3.63, 3.8) is 0 Å². The Morgan fingerprint density at radius 1 is 0.970 bits per heavy atom. The zero-order chi connectivity index (χ0) is 24.9. The second-order valence-corrected chi connectivity index (χ2v) is 11.0. The average Bonchev–Trinajstić information content (AvgIpc) is 2.72. The van der Waals surface area contributed by atoms with Crippen LogP contribution in [0.5, 0.6) is 0 Å². The summed E-state index contributed by atoms with van der Waals surface area (Å²) >= 11 is 18.3. The number of hydrogen-bond donors (Lipinski definition) is 1. The summed E-state index contributed by atoms with van der Waals surface area (Å²) < 4.78 is 26.0. The Morgan fingerprint density at radius 3 is 2.09 bits per heavy atom. The van der Waals surface area contributed by atoms with Crippen LogP contribution in [0.3, 0.4) is 0 Å². The van der Waals surface area contributed by atoms with Crippen molar-refractivity contribution in [1.29, 1.82) is 0 Å². The molecule has 0 heterocycles. The van der Waals surface area contributed by atoms with Gasteiger partial charge in [0.2, 0.25) is 21.8 Å². The summed E-state index contributed by atoms with van der Waals surface area (Å²) in [5, 5.41) is 3.03. The number of rotatable bonds is 9. The maximum atomic E-state index is 13.4. The molecule has 2 amide bonds. The fraction of sp³-hybridized carbons (Fsp3) is 0.364. The largest absolute Gasteiger partial charge is 0.352 e. The second-order valence-electron chi connectivity index (χ2n) is 7.83. The minimum Gasteiger partial charge on any atom is -0.352 e. The minimum absolute atomic E-state index is 0.0147. The zero-order valence-electron chi connectivity index (χ0n) is 18.7. The smallest absolute Gasteiger partial charge is 0.244 e. The maximum absolute atomic E-state index is 13.4. The summed E-state index contributed by atoms with van der Waals surface area (Å²) in [5.41, 5.74) is 0.800. The lowest BCUT2D eigenvalue weighted by atomic mass is 10.1. The number of hydrogen-bond acceptors (Lipinski definition) is 4. The second kappa shape index (κ2) is 11.4. The van der Waals surface area contributed by atoms with Gasteiger partial charge in [-0.3, -0.25) is 13.9 Å². The van der Waals surface area contributed by atoms with E-state index in [1.54, 1.807) is 6.92 Å². The maximum Gasteiger partial charge on any atom is 0.244 e. The molecule has 0 bridgehead atoms. The third-order valence-corrected chi connectivity index (χ3v) is 6.88. The first-order chi connectivity index (χ1) is 15.3. The van der Waals surface area contributed by atoms with Crippen molar-refractivity contribution in [3.8, 4) is 0 Å². The molecule has 0 fully saturated rings. The molecule has 0 aliphatic carbocycles. The number of nitrogens with zero attached hydrogens (tertiary/aromatic N) is 2. The van der Waals surface area contributed by atoms with Gasteiger partial charge in [0.15, 0.2) is 0 Å². The first-order valence-corrected chi connectivity index (χ1v) is 13.1. The molecule has 2 rings (SSSR count). The molecule has 1 unspecified atom stereocenters. The molecule has 0 saturated heterocycles. The SMILES string of the molecule is CC(C)NC(=O)C(C)N(Cc1ccccc1)C(=O)CN(c1cc(Cl)c(Cl)cc1Cl)S(C)(=O)=O. The first kappa shape index (κ1) is 27.2. The molecule has 2 aromatic carbocycles. The van der Waals surface area contributed by atoms with E-state index >= 15 is 0 Å². The number of carbonyl (C=O) groups is 2. The highest BCUT2D eigenvalue weighted by Gasteiger charge is 2.31. The van der Waals surface area contributed by atoms with Crippen LogP contribution in [0.2, 0.25) is 15.1 Å². The number of sulfonamides is 1. The topological polar surface area (TPSA) is 86.8 Å². The summed E-state index contributed by atoms with van der Waals surface area (Å²) in [4.78, 5) is 27.4. The van der Waals surface area contributed by atoms with Crippen molar-refractivity contribution < 1.29 is 18.0 Å². The van der Waals surface area contributed by atoms with Gasteiger partial charge >= 0.3 is 0 Å². The van der Waals surface area contributed by atoms with Crippen LogP contribution in [0.15, 0.2) is 42.5 Å². The summed E-state index contributed by atoms with van der Waals surface area (Å²) in [5.74, 6) is -0.939. The number of amides is 2. The molecule has 7 nitrogen and oxygen atoms in total. The van der Waals surface area contributed by atoms with Crippen LogP contribution in [0.25, 0.3) is 0 Å². The van der Waals surface area contributed by atoms with Crippen LogP contribution >= 0.6 is 34.8 Å². The predicted octanol–water partition coefficient (Wildman–Crippen LogP) is 4.35. The third-order valence-electron chi connectivity index (χ3n) is 4.73. The van der Waals surface area contributed by atoms with Crippen molar-refractivity contribution in [2.45, 2.75) is 39.4 Å². The molecule has 0 radical (unpaired) electrons. The van der Waals surface area contributed by atoms with Crippen LogP contribution in [-0.2, 0) is 26.2 Å². The molecular formula is C22H26Cl3N3O4S. The van der Waals surface area contributed by atoms with E-state index in [9.17, 15) is 18.0 Å². The molecule has 0 aromatic heterocycles. The highest BCUT2D eigenvalue weighted by atomic mass is 35.5. The van der Waals surface area contributed by atoms with E-state index in [1.807, 2.05) is 44.2 Å². The van der Waals surface area contributed by atoms with Crippen molar-refractivity contribution in [3.05, 3.63) is 63.1 Å². The van der Waals surface area contributed by atoms with Crippen LogP contribution in [0.4, 0.5) is 5.69 Å². The Labute approximate surface area is 209 Å². The van der Waals surface area contributed by atoms with E-state index in [-0.39, 0.29) is 39.2 Å². The van der Waals surface area contributed by atoms with E-state index in [2.05, 4.69) is 5.32 Å².